The lowest BCUT2D eigenvalue weighted by Gasteiger charge is -2.29. The maximum atomic E-state index is 12.9. The van der Waals surface area contributed by atoms with Crippen LogP contribution in [-0.2, 0) is 9.53 Å². The number of hydrogen-bond donors (Lipinski definition) is 4. The van der Waals surface area contributed by atoms with Gasteiger partial charge in [-0.25, -0.2) is 4.79 Å². The molecule has 1 aliphatic rings. The van der Waals surface area contributed by atoms with Crippen LogP contribution in [0.5, 0.6) is 0 Å². The standard InChI is InChI=1S/C19H30N4O3S/c1-2-3-4-5-6-7-10-21-18(24)16-14(12-26-13-20)22-19(25)23-17(16)15-9-8-11-27-15/h8-9,11,17H,2-7,10,12-13,20H2,1H3,(H,21,24)(H2,22,23,25). The molecule has 0 bridgehead atoms. The highest BCUT2D eigenvalue weighted by atomic mass is 32.1. The minimum atomic E-state index is -0.486. The number of carbonyl (C=O) groups is 2. The Kier molecular flexibility index (Phi) is 9.30. The Bertz CT molecular complexity index is 631. The van der Waals surface area contributed by atoms with Crippen LogP contribution in [0.4, 0.5) is 4.79 Å². The zero-order chi connectivity index (χ0) is 19.5. The van der Waals surface area contributed by atoms with Gasteiger partial charge in [0.15, 0.2) is 0 Å². The second-order valence-corrected chi connectivity index (χ2v) is 7.46. The molecule has 1 atom stereocenters. The minimum absolute atomic E-state index is 0.0170. The first-order valence-electron chi connectivity index (χ1n) is 9.57. The molecular formula is C19H30N4O3S. The first-order valence-corrected chi connectivity index (χ1v) is 10.4. The van der Waals surface area contributed by atoms with Crippen molar-refractivity contribution in [2.24, 2.45) is 5.73 Å². The van der Waals surface area contributed by atoms with Crippen molar-refractivity contribution >= 4 is 23.3 Å². The van der Waals surface area contributed by atoms with Crippen molar-refractivity contribution in [3.8, 4) is 0 Å². The summed E-state index contributed by atoms with van der Waals surface area (Å²) in [5.74, 6) is -0.190. The van der Waals surface area contributed by atoms with Crippen molar-refractivity contribution < 1.29 is 14.3 Å². The highest BCUT2D eigenvalue weighted by molar-refractivity contribution is 7.10. The number of hydrogen-bond acceptors (Lipinski definition) is 5. The smallest absolute Gasteiger partial charge is 0.319 e. The van der Waals surface area contributed by atoms with Gasteiger partial charge < -0.3 is 26.4 Å². The van der Waals surface area contributed by atoms with E-state index in [0.29, 0.717) is 17.8 Å². The van der Waals surface area contributed by atoms with Gasteiger partial charge in [0.2, 0.25) is 0 Å². The average Bonchev–Trinajstić information content (AvgIpc) is 3.19. The summed E-state index contributed by atoms with van der Waals surface area (Å²) in [6.45, 7) is 2.92. The molecule has 0 spiro atoms. The fourth-order valence-electron chi connectivity index (χ4n) is 3.03. The highest BCUT2D eigenvalue weighted by Gasteiger charge is 2.33. The Balaban J connectivity index is 2.03. The zero-order valence-electron chi connectivity index (χ0n) is 15.9. The molecule has 0 aromatic carbocycles. The van der Waals surface area contributed by atoms with E-state index in [1.165, 1.54) is 37.0 Å². The molecule has 0 saturated carbocycles. The number of nitrogens with one attached hydrogen (secondary N) is 3. The molecule has 3 amide bonds. The number of thiophene rings is 1. The minimum Gasteiger partial charge on any atom is -0.360 e. The third-order valence-electron chi connectivity index (χ3n) is 4.41. The first-order chi connectivity index (χ1) is 13.2. The van der Waals surface area contributed by atoms with E-state index < -0.39 is 6.04 Å². The van der Waals surface area contributed by atoms with E-state index in [1.54, 1.807) is 0 Å². The van der Waals surface area contributed by atoms with Gasteiger partial charge in [-0.1, -0.05) is 45.1 Å². The Labute approximate surface area is 164 Å². The summed E-state index contributed by atoms with van der Waals surface area (Å²) in [5.41, 5.74) is 6.35. The van der Waals surface area contributed by atoms with Crippen LogP contribution in [0, 0.1) is 0 Å². The molecule has 1 aromatic heterocycles. The van der Waals surface area contributed by atoms with Crippen molar-refractivity contribution in [3.63, 3.8) is 0 Å². The monoisotopic (exact) mass is 394 g/mol. The number of rotatable bonds is 12. The molecule has 1 aliphatic heterocycles. The van der Waals surface area contributed by atoms with E-state index in [1.807, 2.05) is 17.5 Å². The van der Waals surface area contributed by atoms with E-state index in [-0.39, 0.29) is 25.3 Å². The maximum Gasteiger partial charge on any atom is 0.319 e. The largest absolute Gasteiger partial charge is 0.360 e. The topological polar surface area (TPSA) is 105 Å². The van der Waals surface area contributed by atoms with Crippen LogP contribution in [-0.4, -0.2) is 31.8 Å². The van der Waals surface area contributed by atoms with Gasteiger partial charge in [0.05, 0.1) is 30.6 Å². The Morgan fingerprint density at radius 2 is 2.07 bits per heavy atom. The molecule has 8 heteroatoms. The third-order valence-corrected chi connectivity index (χ3v) is 5.34. The van der Waals surface area contributed by atoms with E-state index in [9.17, 15) is 9.59 Å². The van der Waals surface area contributed by atoms with Crippen LogP contribution >= 0.6 is 11.3 Å². The van der Waals surface area contributed by atoms with Crippen LogP contribution in [0.1, 0.15) is 56.4 Å². The van der Waals surface area contributed by atoms with Gasteiger partial charge in [-0.15, -0.1) is 11.3 Å². The molecule has 0 radical (unpaired) electrons. The Morgan fingerprint density at radius 1 is 1.30 bits per heavy atom. The first kappa shape index (κ1) is 21.4. The van der Waals surface area contributed by atoms with Crippen molar-refractivity contribution in [2.45, 2.75) is 51.5 Å². The Morgan fingerprint density at radius 3 is 2.78 bits per heavy atom. The highest BCUT2D eigenvalue weighted by Crippen LogP contribution is 2.30. The summed E-state index contributed by atoms with van der Waals surface area (Å²) in [4.78, 5) is 25.8. The van der Waals surface area contributed by atoms with Crippen molar-refractivity contribution in [1.29, 1.82) is 0 Å². The summed E-state index contributed by atoms with van der Waals surface area (Å²) in [6, 6.07) is 2.97. The van der Waals surface area contributed by atoms with Crippen LogP contribution in [0.3, 0.4) is 0 Å². The molecule has 0 saturated heterocycles. The molecule has 5 N–H and O–H groups in total. The average molecular weight is 395 g/mol. The summed E-state index contributed by atoms with van der Waals surface area (Å²) in [7, 11) is 0. The number of amides is 3. The number of nitrogens with two attached hydrogens (primary N) is 1. The lowest BCUT2D eigenvalue weighted by atomic mass is 10.00. The molecule has 1 aromatic rings. The second-order valence-electron chi connectivity index (χ2n) is 6.48. The molecule has 0 aliphatic carbocycles. The normalized spacial score (nSPS) is 16.8. The molecule has 7 nitrogen and oxygen atoms in total. The maximum absolute atomic E-state index is 12.9. The van der Waals surface area contributed by atoms with E-state index in [0.717, 1.165) is 17.7 Å². The molecule has 2 heterocycles. The number of carbonyl (C=O) groups excluding carboxylic acids is 2. The molecule has 1 unspecified atom stereocenters. The SMILES string of the molecule is CCCCCCCCNC(=O)C1=C(COCN)NC(=O)NC1c1cccs1. The summed E-state index contributed by atoms with van der Waals surface area (Å²) >= 11 is 1.50. The van der Waals surface area contributed by atoms with Gasteiger partial charge in [0.1, 0.15) is 0 Å². The Hall–Kier alpha value is -1.90. The lowest BCUT2D eigenvalue weighted by molar-refractivity contribution is -0.118. The van der Waals surface area contributed by atoms with Crippen molar-refractivity contribution in [3.05, 3.63) is 33.7 Å². The van der Waals surface area contributed by atoms with Crippen LogP contribution < -0.4 is 21.7 Å². The predicted molar refractivity (Wildman–Crippen MR) is 107 cm³/mol. The number of ether oxygens (including phenoxy) is 1. The van der Waals surface area contributed by atoms with Gasteiger partial charge in [-0.2, -0.15) is 0 Å². The summed E-state index contributed by atoms with van der Waals surface area (Å²) in [6.07, 6.45) is 6.97. The van der Waals surface area contributed by atoms with Gasteiger partial charge in [-0.3, -0.25) is 4.79 Å². The van der Waals surface area contributed by atoms with E-state index >= 15 is 0 Å². The van der Waals surface area contributed by atoms with Crippen LogP contribution in [0.2, 0.25) is 0 Å². The van der Waals surface area contributed by atoms with Crippen molar-refractivity contribution in [1.82, 2.24) is 16.0 Å². The van der Waals surface area contributed by atoms with E-state index in [2.05, 4.69) is 22.9 Å². The van der Waals surface area contributed by atoms with Gasteiger partial charge in [0.25, 0.3) is 5.91 Å². The zero-order valence-corrected chi connectivity index (χ0v) is 16.7. The molecule has 150 valence electrons. The summed E-state index contributed by atoms with van der Waals surface area (Å²) < 4.78 is 5.25. The fourth-order valence-corrected chi connectivity index (χ4v) is 3.82. The van der Waals surface area contributed by atoms with Gasteiger partial charge in [-0.05, 0) is 17.9 Å². The molecular weight excluding hydrogens is 364 g/mol. The fraction of sp³-hybridized carbons (Fsp3) is 0.579. The molecule has 27 heavy (non-hydrogen) atoms. The van der Waals surface area contributed by atoms with Crippen LogP contribution in [0.15, 0.2) is 28.8 Å². The van der Waals surface area contributed by atoms with Crippen LogP contribution in [0.25, 0.3) is 0 Å². The second kappa shape index (κ2) is 11.7. The molecule has 2 rings (SSSR count). The lowest BCUT2D eigenvalue weighted by Crippen LogP contribution is -2.48. The van der Waals surface area contributed by atoms with Crippen molar-refractivity contribution in [2.75, 3.05) is 19.9 Å². The van der Waals surface area contributed by atoms with Gasteiger partial charge >= 0.3 is 6.03 Å². The van der Waals surface area contributed by atoms with E-state index in [4.69, 9.17) is 10.5 Å². The summed E-state index contributed by atoms with van der Waals surface area (Å²) in [5, 5.41) is 10.4. The number of urea groups is 1. The third kappa shape index (κ3) is 6.64. The predicted octanol–water partition coefficient (Wildman–Crippen LogP) is 2.77. The number of unbranched alkanes of at least 4 members (excludes halogenated alkanes) is 5. The molecule has 0 fully saturated rings. The van der Waals surface area contributed by atoms with Gasteiger partial charge in [0, 0.05) is 11.4 Å². The quantitative estimate of drug-likeness (QED) is 0.323.